The number of rotatable bonds is 6. The van der Waals surface area contributed by atoms with Gasteiger partial charge in [0.1, 0.15) is 5.56 Å². The molecule has 0 bridgehead atoms. The van der Waals surface area contributed by atoms with Crippen LogP contribution in [-0.2, 0) is 19.4 Å². The van der Waals surface area contributed by atoms with E-state index in [-0.39, 0.29) is 16.9 Å². The summed E-state index contributed by atoms with van der Waals surface area (Å²) >= 11 is 0. The molecule has 1 amide bonds. The van der Waals surface area contributed by atoms with Crippen molar-refractivity contribution in [3.05, 3.63) is 99.0 Å². The molecule has 3 aromatic rings. The third-order valence-electron chi connectivity index (χ3n) is 5.01. The summed E-state index contributed by atoms with van der Waals surface area (Å²) in [6.07, 6.45) is 1.33. The summed E-state index contributed by atoms with van der Waals surface area (Å²) in [4.78, 5) is 25.9. The fourth-order valence-corrected chi connectivity index (χ4v) is 3.52. The summed E-state index contributed by atoms with van der Waals surface area (Å²) < 4.78 is 2.11. The largest absolute Gasteiger partial charge is 0.343 e. The van der Waals surface area contributed by atoms with Gasteiger partial charge in [0.25, 0.3) is 5.91 Å². The molecule has 4 heteroatoms. The number of nitrogens with one attached hydrogen (secondary N) is 1. The number of benzene rings is 2. The highest BCUT2D eigenvalue weighted by molar-refractivity contribution is 6.05. The zero-order valence-corrected chi connectivity index (χ0v) is 16.7. The molecule has 0 aliphatic rings. The number of para-hydroxylation sites is 1. The maximum Gasteiger partial charge on any atom is 0.261 e. The number of carbonyl (C=O) groups excluding carboxylic acids is 1. The van der Waals surface area contributed by atoms with Crippen molar-refractivity contribution in [2.75, 3.05) is 5.32 Å². The van der Waals surface area contributed by atoms with Crippen LogP contribution >= 0.6 is 0 Å². The number of anilines is 1. The van der Waals surface area contributed by atoms with Crippen LogP contribution in [0.25, 0.3) is 0 Å². The van der Waals surface area contributed by atoms with Crippen LogP contribution in [0.5, 0.6) is 0 Å². The first kappa shape index (κ1) is 19.6. The van der Waals surface area contributed by atoms with Gasteiger partial charge in [-0.25, -0.2) is 0 Å². The van der Waals surface area contributed by atoms with E-state index in [0.29, 0.717) is 13.0 Å². The molecule has 0 unspecified atom stereocenters. The molecule has 0 saturated heterocycles. The van der Waals surface area contributed by atoms with Gasteiger partial charge in [-0.2, -0.15) is 0 Å². The van der Waals surface area contributed by atoms with Gasteiger partial charge in [0.05, 0.1) is 0 Å². The quantitative estimate of drug-likeness (QED) is 0.686. The molecular weight excluding hydrogens is 348 g/mol. The highest BCUT2D eigenvalue weighted by atomic mass is 16.2. The number of hydrogen-bond donors (Lipinski definition) is 1. The van der Waals surface area contributed by atoms with Crippen molar-refractivity contribution in [3.8, 4) is 0 Å². The molecule has 28 heavy (non-hydrogen) atoms. The minimum Gasteiger partial charge on any atom is -0.343 e. The number of aryl methyl sites for hydroxylation is 2. The maximum atomic E-state index is 13.0. The Bertz CT molecular complexity index is 1040. The zero-order valence-electron chi connectivity index (χ0n) is 16.7. The standard InChI is InChI=1S/C24H26N2O2/c1-4-19-15-22(27)23(24(28)25-20-14-10-9-11-17(20)3)21(5-2)26(19)16-18-12-7-6-8-13-18/h6-15H,4-5,16H2,1-3H3,(H,25,28). The van der Waals surface area contributed by atoms with E-state index in [1.807, 2.05) is 63.2 Å². The van der Waals surface area contributed by atoms with Crippen LogP contribution in [0.3, 0.4) is 0 Å². The first-order valence-electron chi connectivity index (χ1n) is 9.71. The summed E-state index contributed by atoms with van der Waals surface area (Å²) in [5, 5.41) is 2.92. The predicted molar refractivity (Wildman–Crippen MR) is 114 cm³/mol. The number of hydrogen-bond acceptors (Lipinski definition) is 2. The van der Waals surface area contributed by atoms with E-state index in [0.717, 1.165) is 34.6 Å². The van der Waals surface area contributed by atoms with Crippen molar-refractivity contribution < 1.29 is 4.79 Å². The second-order valence-electron chi connectivity index (χ2n) is 6.87. The molecule has 2 aromatic carbocycles. The molecular formula is C24H26N2O2. The smallest absolute Gasteiger partial charge is 0.261 e. The Hall–Kier alpha value is -3.14. The van der Waals surface area contributed by atoms with Crippen molar-refractivity contribution in [2.24, 2.45) is 0 Å². The molecule has 0 aliphatic carbocycles. The number of nitrogens with zero attached hydrogens (tertiary/aromatic N) is 1. The van der Waals surface area contributed by atoms with Gasteiger partial charge in [0, 0.05) is 29.7 Å². The van der Waals surface area contributed by atoms with Gasteiger partial charge in [-0.3, -0.25) is 9.59 Å². The number of amides is 1. The molecule has 0 saturated carbocycles. The maximum absolute atomic E-state index is 13.0. The summed E-state index contributed by atoms with van der Waals surface area (Å²) in [7, 11) is 0. The molecule has 144 valence electrons. The Morgan fingerprint density at radius 1 is 0.964 bits per heavy atom. The second-order valence-corrected chi connectivity index (χ2v) is 6.87. The minimum absolute atomic E-state index is 0.218. The summed E-state index contributed by atoms with van der Waals surface area (Å²) in [6.45, 7) is 6.59. The van der Waals surface area contributed by atoms with E-state index in [1.165, 1.54) is 0 Å². The van der Waals surface area contributed by atoms with Gasteiger partial charge in [-0.1, -0.05) is 62.4 Å². The molecule has 4 nitrogen and oxygen atoms in total. The van der Waals surface area contributed by atoms with Crippen LogP contribution in [0.15, 0.2) is 65.5 Å². The van der Waals surface area contributed by atoms with E-state index >= 15 is 0 Å². The van der Waals surface area contributed by atoms with Gasteiger partial charge in [-0.05, 0) is 37.0 Å². The fourth-order valence-electron chi connectivity index (χ4n) is 3.52. The van der Waals surface area contributed by atoms with Gasteiger partial charge in [0.15, 0.2) is 5.43 Å². The van der Waals surface area contributed by atoms with Gasteiger partial charge in [-0.15, -0.1) is 0 Å². The van der Waals surface area contributed by atoms with Crippen LogP contribution in [-0.4, -0.2) is 10.5 Å². The second kappa shape index (κ2) is 8.70. The highest BCUT2D eigenvalue weighted by Gasteiger charge is 2.20. The number of aromatic nitrogens is 1. The fraction of sp³-hybridized carbons (Fsp3) is 0.250. The summed E-state index contributed by atoms with van der Waals surface area (Å²) in [5.74, 6) is -0.347. The Balaban J connectivity index is 2.08. The topological polar surface area (TPSA) is 51.1 Å². The van der Waals surface area contributed by atoms with E-state index in [1.54, 1.807) is 6.07 Å². The summed E-state index contributed by atoms with van der Waals surface area (Å²) in [5.41, 5.74) is 4.56. The van der Waals surface area contributed by atoms with Crippen molar-refractivity contribution in [2.45, 2.75) is 40.2 Å². The first-order chi connectivity index (χ1) is 13.5. The van der Waals surface area contributed by atoms with Crippen LogP contribution < -0.4 is 10.7 Å². The average molecular weight is 374 g/mol. The lowest BCUT2D eigenvalue weighted by Crippen LogP contribution is -2.29. The van der Waals surface area contributed by atoms with E-state index < -0.39 is 0 Å². The molecule has 0 fully saturated rings. The minimum atomic E-state index is -0.347. The molecule has 0 radical (unpaired) electrons. The van der Waals surface area contributed by atoms with Crippen LogP contribution in [0.2, 0.25) is 0 Å². The molecule has 0 spiro atoms. The number of carbonyl (C=O) groups is 1. The molecule has 1 heterocycles. The van der Waals surface area contributed by atoms with E-state index in [4.69, 9.17) is 0 Å². The molecule has 3 rings (SSSR count). The average Bonchev–Trinajstić information content (AvgIpc) is 2.71. The van der Waals surface area contributed by atoms with Crippen LogP contribution in [0.4, 0.5) is 5.69 Å². The van der Waals surface area contributed by atoms with Crippen LogP contribution in [0.1, 0.15) is 46.7 Å². The predicted octanol–water partition coefficient (Wildman–Crippen LogP) is 4.58. The van der Waals surface area contributed by atoms with Gasteiger partial charge >= 0.3 is 0 Å². The van der Waals surface area contributed by atoms with Crippen molar-refractivity contribution in [1.29, 1.82) is 0 Å². The zero-order chi connectivity index (χ0) is 20.1. The third-order valence-corrected chi connectivity index (χ3v) is 5.01. The van der Waals surface area contributed by atoms with E-state index in [9.17, 15) is 9.59 Å². The third kappa shape index (κ3) is 4.06. The molecule has 0 atom stereocenters. The molecule has 1 aromatic heterocycles. The SMILES string of the molecule is CCc1cc(=O)c(C(=O)Nc2ccccc2C)c(CC)n1Cc1ccccc1. The van der Waals surface area contributed by atoms with Crippen molar-refractivity contribution in [3.63, 3.8) is 0 Å². The lowest BCUT2D eigenvalue weighted by Gasteiger charge is -2.21. The monoisotopic (exact) mass is 374 g/mol. The Morgan fingerprint density at radius 2 is 1.64 bits per heavy atom. The lowest BCUT2D eigenvalue weighted by atomic mass is 10.1. The Labute approximate surface area is 165 Å². The van der Waals surface area contributed by atoms with E-state index in [2.05, 4.69) is 22.0 Å². The van der Waals surface area contributed by atoms with Gasteiger partial charge < -0.3 is 9.88 Å². The van der Waals surface area contributed by atoms with Crippen molar-refractivity contribution in [1.82, 2.24) is 4.57 Å². The highest BCUT2D eigenvalue weighted by Crippen LogP contribution is 2.18. The Kier molecular flexibility index (Phi) is 6.09. The summed E-state index contributed by atoms with van der Waals surface area (Å²) in [6, 6.07) is 19.3. The molecule has 0 aliphatic heterocycles. The van der Waals surface area contributed by atoms with Gasteiger partial charge in [0.2, 0.25) is 0 Å². The Morgan fingerprint density at radius 3 is 2.29 bits per heavy atom. The van der Waals surface area contributed by atoms with Crippen molar-refractivity contribution >= 4 is 11.6 Å². The molecule has 1 N–H and O–H groups in total. The lowest BCUT2D eigenvalue weighted by molar-refractivity contribution is 0.102. The number of pyridine rings is 1. The normalized spacial score (nSPS) is 10.7. The first-order valence-corrected chi connectivity index (χ1v) is 9.71. The van der Waals surface area contributed by atoms with Crippen LogP contribution in [0, 0.1) is 6.92 Å².